The second-order valence-electron chi connectivity index (χ2n) is 5.44. The summed E-state index contributed by atoms with van der Waals surface area (Å²) in [7, 11) is 0. The molecule has 1 atom stereocenters. The maximum Gasteiger partial charge on any atom is 0.292 e. The zero-order valence-corrected chi connectivity index (χ0v) is 13.2. The number of carbonyl (C=O) groups excluding carboxylic acids is 1. The van der Waals surface area contributed by atoms with Crippen molar-refractivity contribution in [3.8, 4) is 0 Å². The molecule has 0 N–H and O–H groups in total. The Labute approximate surface area is 128 Å². The van der Waals surface area contributed by atoms with E-state index in [2.05, 4.69) is 17.1 Å². The van der Waals surface area contributed by atoms with Crippen molar-refractivity contribution in [3.63, 3.8) is 0 Å². The first-order valence-corrected chi connectivity index (χ1v) is 8.16. The van der Waals surface area contributed by atoms with Crippen molar-refractivity contribution in [2.45, 2.75) is 39.0 Å². The minimum absolute atomic E-state index is 0.0554. The van der Waals surface area contributed by atoms with Gasteiger partial charge in [0.15, 0.2) is 0 Å². The first-order valence-electron chi connectivity index (χ1n) is 7.34. The van der Waals surface area contributed by atoms with Crippen molar-refractivity contribution in [3.05, 3.63) is 33.6 Å². The van der Waals surface area contributed by atoms with Gasteiger partial charge >= 0.3 is 0 Å². The van der Waals surface area contributed by atoms with E-state index < -0.39 is 0 Å². The molecule has 1 aliphatic heterocycles. The molecular weight excluding hydrogens is 286 g/mol. The number of amides is 1. The van der Waals surface area contributed by atoms with Crippen molar-refractivity contribution >= 4 is 17.2 Å². The molecule has 0 bridgehead atoms. The third kappa shape index (κ3) is 3.00. The van der Waals surface area contributed by atoms with Crippen LogP contribution in [0.25, 0.3) is 0 Å². The lowest BCUT2D eigenvalue weighted by atomic mass is 9.98. The zero-order valence-electron chi connectivity index (χ0n) is 12.3. The number of aromatic nitrogens is 2. The van der Waals surface area contributed by atoms with E-state index in [1.165, 1.54) is 4.88 Å². The minimum Gasteiger partial charge on any atom is -0.351 e. The Bertz CT molecular complexity index is 634. The molecule has 0 saturated carbocycles. The van der Waals surface area contributed by atoms with Gasteiger partial charge in [-0.2, -0.15) is 0 Å². The van der Waals surface area contributed by atoms with Gasteiger partial charge in [0.25, 0.3) is 5.91 Å². The molecule has 6 heteroatoms. The Balaban J connectivity index is 1.72. The quantitative estimate of drug-likeness (QED) is 0.874. The SMILES string of the molecule is CCc1cc(C(=O)N2CCC[C@@H](c3ncc(C)s3)C2)on1. The summed E-state index contributed by atoms with van der Waals surface area (Å²) in [6.07, 6.45) is 4.78. The van der Waals surface area contributed by atoms with Gasteiger partial charge < -0.3 is 9.42 Å². The van der Waals surface area contributed by atoms with Crippen molar-refractivity contribution in [1.29, 1.82) is 0 Å². The number of aryl methyl sites for hydroxylation is 2. The Morgan fingerprint density at radius 3 is 3.10 bits per heavy atom. The summed E-state index contributed by atoms with van der Waals surface area (Å²) < 4.78 is 5.16. The van der Waals surface area contributed by atoms with Gasteiger partial charge in [0, 0.05) is 36.1 Å². The summed E-state index contributed by atoms with van der Waals surface area (Å²) in [4.78, 5) is 20.0. The number of likely N-dealkylation sites (tertiary alicyclic amines) is 1. The summed E-state index contributed by atoms with van der Waals surface area (Å²) in [5.74, 6) is 0.637. The molecular formula is C15H19N3O2S. The van der Waals surface area contributed by atoms with Crippen LogP contribution in [-0.4, -0.2) is 34.0 Å². The number of rotatable bonds is 3. The highest BCUT2D eigenvalue weighted by Gasteiger charge is 2.28. The maximum atomic E-state index is 12.5. The molecule has 5 nitrogen and oxygen atoms in total. The summed E-state index contributed by atoms with van der Waals surface area (Å²) in [6, 6.07) is 1.75. The van der Waals surface area contributed by atoms with E-state index in [4.69, 9.17) is 4.52 Å². The molecule has 1 aliphatic rings. The van der Waals surface area contributed by atoms with Gasteiger partial charge in [-0.05, 0) is 26.2 Å². The van der Waals surface area contributed by atoms with Crippen LogP contribution >= 0.6 is 11.3 Å². The lowest BCUT2D eigenvalue weighted by Crippen LogP contribution is -2.38. The van der Waals surface area contributed by atoms with Gasteiger partial charge in [0.05, 0.1) is 10.7 Å². The molecule has 1 fully saturated rings. The van der Waals surface area contributed by atoms with Crippen molar-refractivity contribution in [2.75, 3.05) is 13.1 Å². The van der Waals surface area contributed by atoms with Crippen LogP contribution in [0.15, 0.2) is 16.8 Å². The van der Waals surface area contributed by atoms with E-state index in [1.807, 2.05) is 18.0 Å². The molecule has 3 rings (SSSR count). The van der Waals surface area contributed by atoms with Crippen molar-refractivity contribution < 1.29 is 9.32 Å². The van der Waals surface area contributed by atoms with Crippen molar-refractivity contribution in [2.24, 2.45) is 0 Å². The predicted molar refractivity (Wildman–Crippen MR) is 80.6 cm³/mol. The Kier molecular flexibility index (Phi) is 4.05. The first-order chi connectivity index (χ1) is 10.2. The van der Waals surface area contributed by atoms with E-state index in [1.54, 1.807) is 17.4 Å². The molecule has 112 valence electrons. The maximum absolute atomic E-state index is 12.5. The van der Waals surface area contributed by atoms with Crippen LogP contribution in [0.2, 0.25) is 0 Å². The van der Waals surface area contributed by atoms with Gasteiger partial charge in [-0.3, -0.25) is 4.79 Å². The minimum atomic E-state index is -0.0554. The molecule has 2 aromatic rings. The van der Waals surface area contributed by atoms with Crippen LogP contribution in [0.5, 0.6) is 0 Å². The summed E-state index contributed by atoms with van der Waals surface area (Å²) in [5, 5.41) is 5.03. The molecule has 21 heavy (non-hydrogen) atoms. The molecule has 0 spiro atoms. The Morgan fingerprint density at radius 2 is 2.43 bits per heavy atom. The lowest BCUT2D eigenvalue weighted by Gasteiger charge is -2.31. The summed E-state index contributed by atoms with van der Waals surface area (Å²) in [6.45, 7) is 5.55. The van der Waals surface area contributed by atoms with Crippen LogP contribution in [0.4, 0.5) is 0 Å². The molecule has 3 heterocycles. The Hall–Kier alpha value is -1.69. The van der Waals surface area contributed by atoms with E-state index in [0.717, 1.165) is 36.5 Å². The number of thiazole rings is 1. The summed E-state index contributed by atoms with van der Waals surface area (Å²) >= 11 is 1.73. The van der Waals surface area contributed by atoms with Crippen LogP contribution < -0.4 is 0 Å². The van der Waals surface area contributed by atoms with E-state index >= 15 is 0 Å². The molecule has 1 saturated heterocycles. The average molecular weight is 305 g/mol. The largest absolute Gasteiger partial charge is 0.351 e. The second kappa shape index (κ2) is 5.97. The number of piperidine rings is 1. The molecule has 2 aromatic heterocycles. The fourth-order valence-electron chi connectivity index (χ4n) is 2.66. The number of carbonyl (C=O) groups is 1. The van der Waals surface area contributed by atoms with Crippen molar-refractivity contribution in [1.82, 2.24) is 15.0 Å². The van der Waals surface area contributed by atoms with Gasteiger partial charge in [0.1, 0.15) is 0 Å². The van der Waals surface area contributed by atoms with Gasteiger partial charge in [-0.1, -0.05) is 12.1 Å². The normalized spacial score (nSPS) is 19.0. The lowest BCUT2D eigenvalue weighted by molar-refractivity contribution is 0.0665. The number of hydrogen-bond donors (Lipinski definition) is 0. The molecule has 0 unspecified atom stereocenters. The standard InChI is InChI=1S/C15H19N3O2S/c1-3-12-7-13(20-17-12)15(19)18-6-4-5-11(9-18)14-16-8-10(2)21-14/h7-8,11H,3-6,9H2,1-2H3/t11-/m1/s1. The van der Waals surface area contributed by atoms with Gasteiger partial charge in [-0.15, -0.1) is 11.3 Å². The second-order valence-corrected chi connectivity index (χ2v) is 6.70. The fraction of sp³-hybridized carbons (Fsp3) is 0.533. The molecule has 0 radical (unpaired) electrons. The fourth-order valence-corrected chi connectivity index (χ4v) is 3.56. The third-order valence-electron chi connectivity index (χ3n) is 3.83. The highest BCUT2D eigenvalue weighted by atomic mass is 32.1. The zero-order chi connectivity index (χ0) is 14.8. The highest BCUT2D eigenvalue weighted by Crippen LogP contribution is 2.30. The van der Waals surface area contributed by atoms with E-state index in [9.17, 15) is 4.79 Å². The van der Waals surface area contributed by atoms with Crippen LogP contribution in [0, 0.1) is 6.92 Å². The third-order valence-corrected chi connectivity index (χ3v) is 4.90. The monoisotopic (exact) mass is 305 g/mol. The van der Waals surface area contributed by atoms with Gasteiger partial charge in [0.2, 0.25) is 5.76 Å². The predicted octanol–water partition coefficient (Wildman–Crippen LogP) is 3.02. The van der Waals surface area contributed by atoms with Crippen LogP contribution in [0.1, 0.15) is 51.8 Å². The number of hydrogen-bond acceptors (Lipinski definition) is 5. The molecule has 0 aliphatic carbocycles. The first kappa shape index (κ1) is 14.3. The topological polar surface area (TPSA) is 59.2 Å². The Morgan fingerprint density at radius 1 is 1.57 bits per heavy atom. The molecule has 1 amide bonds. The van der Waals surface area contributed by atoms with Crippen LogP contribution in [0.3, 0.4) is 0 Å². The van der Waals surface area contributed by atoms with E-state index in [-0.39, 0.29) is 5.91 Å². The molecule has 0 aromatic carbocycles. The smallest absolute Gasteiger partial charge is 0.292 e. The average Bonchev–Trinajstić information content (AvgIpc) is 3.15. The number of nitrogens with zero attached hydrogens (tertiary/aromatic N) is 3. The van der Waals surface area contributed by atoms with E-state index in [0.29, 0.717) is 18.2 Å². The van der Waals surface area contributed by atoms with Gasteiger partial charge in [-0.25, -0.2) is 4.98 Å². The highest BCUT2D eigenvalue weighted by molar-refractivity contribution is 7.11. The van der Waals surface area contributed by atoms with Crippen LogP contribution in [-0.2, 0) is 6.42 Å². The summed E-state index contributed by atoms with van der Waals surface area (Å²) in [5.41, 5.74) is 0.822.